The zero-order valence-electron chi connectivity index (χ0n) is 59.7. The number of primary amides is 2. The van der Waals surface area contributed by atoms with Crippen LogP contribution in [0.1, 0.15) is 149 Å². The van der Waals surface area contributed by atoms with Crippen LogP contribution in [-0.4, -0.2) is 253 Å². The van der Waals surface area contributed by atoms with Gasteiger partial charge in [0.2, 0.25) is 88.6 Å². The molecule has 2 rings (SSSR count). The first-order valence-corrected chi connectivity index (χ1v) is 35.8. The highest BCUT2D eigenvalue weighted by molar-refractivity contribution is 7.80. The minimum Gasteiger partial charge on any atom is -0.480 e. The van der Waals surface area contributed by atoms with Crippen molar-refractivity contribution in [3.8, 4) is 0 Å². The molecular weight excluding hydrogens is 1380 g/mol. The van der Waals surface area contributed by atoms with Gasteiger partial charge < -0.3 is 125 Å². The summed E-state index contributed by atoms with van der Waals surface area (Å²) in [4.78, 5) is 222. The molecule has 0 aliphatic carbocycles. The van der Waals surface area contributed by atoms with Crippen LogP contribution < -0.4 is 110 Å². The monoisotopic (exact) mass is 1500 g/mol. The molecule has 2 aliphatic heterocycles. The molecule has 588 valence electrons. The lowest BCUT2D eigenvalue weighted by molar-refractivity contribution is -0.144. The predicted molar refractivity (Wildman–Crippen MR) is 382 cm³/mol. The molecule has 0 aromatic heterocycles. The molecule has 0 radical (unpaired) electrons. The minimum absolute atomic E-state index is 0.000841. The number of amides is 15. The molecule has 12 atom stereocenters. The molecule has 0 aromatic carbocycles. The van der Waals surface area contributed by atoms with Crippen LogP contribution >= 0.6 is 12.6 Å². The lowest BCUT2D eigenvalue weighted by atomic mass is 10.0. The van der Waals surface area contributed by atoms with E-state index < -0.39 is 199 Å². The third-order valence-electron chi connectivity index (χ3n) is 17.0. The van der Waals surface area contributed by atoms with Crippen molar-refractivity contribution in [3.05, 3.63) is 0 Å². The molecule has 2 aliphatic rings. The minimum atomic E-state index is -1.73. The van der Waals surface area contributed by atoms with Crippen LogP contribution in [0.25, 0.3) is 0 Å². The van der Waals surface area contributed by atoms with Gasteiger partial charge in [-0.1, -0.05) is 13.8 Å². The highest BCUT2D eigenvalue weighted by atomic mass is 32.1. The Morgan fingerprint density at radius 3 is 1.23 bits per heavy atom. The molecule has 41 heteroatoms. The number of hydrogen-bond donors (Lipinski definition) is 22. The number of aliphatic imine (C=N–C) groups is 1. The van der Waals surface area contributed by atoms with Crippen molar-refractivity contribution < 1.29 is 81.8 Å². The lowest BCUT2D eigenvalue weighted by Crippen LogP contribution is -2.60. The second kappa shape index (κ2) is 48.8. The summed E-state index contributed by atoms with van der Waals surface area (Å²) in [5.74, 6) is -15.5. The smallest absolute Gasteiger partial charge is 0.326 e. The van der Waals surface area contributed by atoms with E-state index in [0.717, 1.165) is 0 Å². The Morgan fingerprint density at radius 2 is 0.817 bits per heavy atom. The van der Waals surface area contributed by atoms with Crippen LogP contribution in [0.4, 0.5) is 0 Å². The van der Waals surface area contributed by atoms with E-state index in [0.29, 0.717) is 51.5 Å². The summed E-state index contributed by atoms with van der Waals surface area (Å²) in [5.41, 5.74) is 50.3. The molecule has 0 unspecified atom stereocenters. The van der Waals surface area contributed by atoms with Crippen LogP contribution in [0.15, 0.2) is 4.99 Å². The van der Waals surface area contributed by atoms with Gasteiger partial charge in [0.15, 0.2) is 5.96 Å². The Morgan fingerprint density at radius 1 is 0.452 bits per heavy atom. The maximum absolute atomic E-state index is 14.3. The van der Waals surface area contributed by atoms with Crippen molar-refractivity contribution in [3.63, 3.8) is 0 Å². The fourth-order valence-corrected chi connectivity index (χ4v) is 11.5. The number of thiol groups is 1. The molecule has 30 N–H and O–H groups in total. The van der Waals surface area contributed by atoms with Gasteiger partial charge in [-0.05, 0) is 155 Å². The molecule has 2 heterocycles. The molecular formula is C63H113N23O17S. The Bertz CT molecular complexity index is 2950. The molecule has 104 heavy (non-hydrogen) atoms. The number of carbonyl (C=O) groups excluding carboxylic acids is 15. The van der Waals surface area contributed by atoms with Gasteiger partial charge in [-0.3, -0.25) is 76.9 Å². The molecule has 2 fully saturated rings. The number of guanidine groups is 1. The Balaban J connectivity index is 2.27. The average molecular weight is 1500 g/mol. The highest BCUT2D eigenvalue weighted by Crippen LogP contribution is 2.22. The summed E-state index contributed by atoms with van der Waals surface area (Å²) in [6.45, 7) is 4.14. The fraction of sp³-hybridized carbons (Fsp3) is 0.730. The summed E-state index contributed by atoms with van der Waals surface area (Å²) in [6, 6.07) is -16.0. The van der Waals surface area contributed by atoms with Gasteiger partial charge in [0, 0.05) is 25.4 Å². The number of carboxylic acid groups (broad SMARTS) is 1. The zero-order valence-corrected chi connectivity index (χ0v) is 60.6. The fourth-order valence-electron chi connectivity index (χ4n) is 11.3. The summed E-state index contributed by atoms with van der Waals surface area (Å²) >= 11 is 4.28. The Hall–Kier alpha value is -9.06. The first kappa shape index (κ1) is 91.0. The molecule has 0 spiro atoms. The first-order chi connectivity index (χ1) is 49.2. The third kappa shape index (κ3) is 33.2. The third-order valence-corrected chi connectivity index (χ3v) is 17.4. The maximum Gasteiger partial charge on any atom is 0.326 e. The number of aliphatic carboxylic acids is 1. The SMILES string of the molecule is CC(C)[C@H](NC(=O)[C@H](CCCCN)NC(=O)[C@@H]1CCCN1C(=O)CNC(=O)[C@H](CCCCN)NC(=O)[C@H](CC(N)=O)NC(=O)CNC(=O)[C@H](CCCCN)NC(=O)[C@H](CCCCN)NC(=O)[C@@H]1CCCN1C(=O)[C@H](CS)NC(=O)[C@H](CC(N)=O)NC(=O)[C@H](CCCN=C(N)N)NC(=O)[C@H](C)N)C(=O)O. The number of likely N-dealkylation sites (tertiary alicyclic amines) is 2. The van der Waals surface area contributed by atoms with Crippen LogP contribution in [0.5, 0.6) is 0 Å². The average Bonchev–Trinajstić information content (AvgIpc) is 1.66. The highest BCUT2D eigenvalue weighted by Gasteiger charge is 2.42. The number of nitrogens with one attached hydrogen (secondary N) is 11. The van der Waals surface area contributed by atoms with Gasteiger partial charge in [0.1, 0.15) is 66.5 Å². The van der Waals surface area contributed by atoms with Gasteiger partial charge in [-0.25, -0.2) is 4.79 Å². The summed E-state index contributed by atoms with van der Waals surface area (Å²) < 4.78 is 0. The Labute approximate surface area is 609 Å². The normalized spacial score (nSPS) is 16.9. The molecule has 0 aromatic rings. The van der Waals surface area contributed by atoms with Gasteiger partial charge in [-0.15, -0.1) is 0 Å². The molecule has 15 amide bonds. The van der Waals surface area contributed by atoms with Crippen molar-refractivity contribution in [1.29, 1.82) is 0 Å². The number of hydrogen-bond acceptors (Lipinski definition) is 23. The van der Waals surface area contributed by atoms with Crippen LogP contribution in [0.2, 0.25) is 0 Å². The number of rotatable bonds is 51. The van der Waals surface area contributed by atoms with Crippen molar-refractivity contribution in [1.82, 2.24) is 68.3 Å². The second-order valence-corrected chi connectivity index (χ2v) is 26.3. The van der Waals surface area contributed by atoms with E-state index >= 15 is 0 Å². The number of nitrogens with zero attached hydrogens (tertiary/aromatic N) is 3. The summed E-state index contributed by atoms with van der Waals surface area (Å²) in [5, 5.41) is 37.1. The van der Waals surface area contributed by atoms with Gasteiger partial charge >= 0.3 is 5.97 Å². The van der Waals surface area contributed by atoms with E-state index in [-0.39, 0.29) is 122 Å². The maximum atomic E-state index is 14.3. The van der Waals surface area contributed by atoms with Crippen molar-refractivity contribution in [2.75, 3.05) is 64.7 Å². The molecule has 0 saturated carbocycles. The van der Waals surface area contributed by atoms with E-state index in [1.165, 1.54) is 16.7 Å². The zero-order chi connectivity index (χ0) is 78.2. The van der Waals surface area contributed by atoms with Gasteiger partial charge in [0.25, 0.3) is 0 Å². The van der Waals surface area contributed by atoms with Gasteiger partial charge in [-0.2, -0.15) is 12.6 Å². The summed E-state index contributed by atoms with van der Waals surface area (Å²) in [6.07, 6.45) is 2.48. The second-order valence-electron chi connectivity index (χ2n) is 25.9. The van der Waals surface area contributed by atoms with Crippen molar-refractivity contribution in [2.45, 2.75) is 222 Å². The van der Waals surface area contributed by atoms with E-state index in [1.807, 2.05) is 0 Å². The molecule has 40 nitrogen and oxygen atoms in total. The number of nitrogens with two attached hydrogens (primary N) is 9. The van der Waals surface area contributed by atoms with E-state index in [1.54, 1.807) is 13.8 Å². The standard InChI is InChI=1S/C63H113N23O17S/c1-34(2)50(62(102)103)84-56(96)39(18-7-11-25-67)81-59(99)44-20-13-27-85(44)49(90)32-75-53(93)37(16-5-9-23-65)79-57(97)41(29-46(69)87)76-48(89)31-74-52(92)36(15-4-8-22-64)78-54(94)38(17-6-10-24-66)80-60(100)45-21-14-28-86(45)61(101)43(33-104)83-58(98)42(30-47(70)88)82-55(95)40(77-51(91)35(3)68)19-12-26-73-63(71)72/h34-45,50,104H,4-33,64-68H2,1-3H3,(H2,69,87)(H2,70,88)(H,74,92)(H,75,93)(H,76,89)(H,77,91)(H,78,94)(H,79,97)(H,80,100)(H,81,99)(H,82,95)(H,83,98)(H,84,96)(H,102,103)(H4,71,72,73)/t35-,36-,37-,38-,39-,40-,41-,42-,43-,44-,45-,50-/m0/s1. The first-order valence-electron chi connectivity index (χ1n) is 35.1. The topological polar surface area (TPSA) is 679 Å². The van der Waals surface area contributed by atoms with Crippen molar-refractivity contribution >= 4 is 113 Å². The van der Waals surface area contributed by atoms with Crippen LogP contribution in [0, 0.1) is 5.92 Å². The largest absolute Gasteiger partial charge is 0.480 e. The number of carboxylic acids is 1. The number of unbranched alkanes of at least 4 members (excludes halogenated alkanes) is 4. The van der Waals surface area contributed by atoms with E-state index in [9.17, 15) is 81.8 Å². The van der Waals surface area contributed by atoms with Crippen molar-refractivity contribution in [2.24, 2.45) is 62.5 Å². The molecule has 0 bridgehead atoms. The quantitative estimate of drug-likeness (QED) is 0.0116. The van der Waals surface area contributed by atoms with E-state index in [2.05, 4.69) is 76.1 Å². The Kier molecular flexibility index (Phi) is 42.7. The van der Waals surface area contributed by atoms with Crippen LogP contribution in [-0.2, 0) is 76.7 Å². The van der Waals surface area contributed by atoms with Gasteiger partial charge in [0.05, 0.1) is 32.0 Å². The number of carbonyl (C=O) groups is 16. The lowest BCUT2D eigenvalue weighted by Gasteiger charge is -2.30. The summed E-state index contributed by atoms with van der Waals surface area (Å²) in [7, 11) is 0. The molecule has 2 saturated heterocycles. The van der Waals surface area contributed by atoms with E-state index in [4.69, 9.17) is 51.6 Å². The van der Waals surface area contributed by atoms with Crippen LogP contribution in [0.3, 0.4) is 0 Å². The predicted octanol–water partition coefficient (Wildman–Crippen LogP) is -9.10.